The largest absolute Gasteiger partial charge is 0.465 e. The molecule has 0 unspecified atom stereocenters. The Morgan fingerprint density at radius 2 is 1.78 bits per heavy atom. The van der Waals surface area contributed by atoms with Crippen LogP contribution in [-0.4, -0.2) is 43.1 Å². The van der Waals surface area contributed by atoms with Crippen molar-refractivity contribution in [3.05, 3.63) is 71.5 Å². The lowest BCUT2D eigenvalue weighted by molar-refractivity contribution is 0.0994. The third-order valence-corrected chi connectivity index (χ3v) is 5.58. The summed E-state index contributed by atoms with van der Waals surface area (Å²) in [5, 5.41) is 14.0. The standard InChI is InChI=1S/C23H21N5O4/c24-21(29)20-19(14-8-10-16(11-9-14)32-15-5-2-1-3-6-15)25-22-17-13-27(23(30)31)12-4-7-18(17)26-28(20)22/h1-3,5-6,8-11,25H,4,7,12-13H2,(H2,24,29)(H,30,31). The molecule has 1 aliphatic heterocycles. The first-order valence-electron chi connectivity index (χ1n) is 10.2. The molecule has 0 saturated heterocycles. The van der Waals surface area contributed by atoms with E-state index in [4.69, 9.17) is 10.5 Å². The molecule has 0 radical (unpaired) electrons. The number of para-hydroxylation sites is 1. The number of nitrogens with two attached hydrogens (primary N) is 1. The molecule has 0 spiro atoms. The second kappa shape index (κ2) is 7.77. The molecular formula is C23H21N5O4. The number of fused-ring (bicyclic) bond motifs is 3. The van der Waals surface area contributed by atoms with E-state index in [9.17, 15) is 14.7 Å². The van der Waals surface area contributed by atoms with Crippen LogP contribution in [0, 0.1) is 0 Å². The maximum absolute atomic E-state index is 12.3. The number of benzene rings is 2. The van der Waals surface area contributed by atoms with Gasteiger partial charge in [-0.1, -0.05) is 18.2 Å². The third kappa shape index (κ3) is 3.43. The monoisotopic (exact) mass is 431 g/mol. The van der Waals surface area contributed by atoms with E-state index >= 15 is 0 Å². The van der Waals surface area contributed by atoms with Gasteiger partial charge in [0.2, 0.25) is 0 Å². The van der Waals surface area contributed by atoms with Gasteiger partial charge in [0, 0.05) is 17.7 Å². The zero-order valence-electron chi connectivity index (χ0n) is 17.1. The van der Waals surface area contributed by atoms with Crippen molar-refractivity contribution in [2.24, 2.45) is 5.73 Å². The van der Waals surface area contributed by atoms with Crippen molar-refractivity contribution < 1.29 is 19.4 Å². The highest BCUT2D eigenvalue weighted by Crippen LogP contribution is 2.31. The summed E-state index contributed by atoms with van der Waals surface area (Å²) in [6.07, 6.45) is 0.322. The van der Waals surface area contributed by atoms with E-state index in [1.165, 1.54) is 9.42 Å². The van der Waals surface area contributed by atoms with Crippen LogP contribution in [0.25, 0.3) is 16.9 Å². The first-order valence-corrected chi connectivity index (χ1v) is 10.2. The van der Waals surface area contributed by atoms with Gasteiger partial charge in [0.1, 0.15) is 17.1 Å². The molecule has 0 atom stereocenters. The van der Waals surface area contributed by atoms with Crippen molar-refractivity contribution in [2.45, 2.75) is 19.4 Å². The zero-order valence-corrected chi connectivity index (χ0v) is 17.1. The lowest BCUT2D eigenvalue weighted by atomic mass is 10.1. The highest BCUT2D eigenvalue weighted by molar-refractivity contribution is 5.98. The molecule has 0 fully saturated rings. The second-order valence-electron chi connectivity index (χ2n) is 7.65. The van der Waals surface area contributed by atoms with Gasteiger partial charge in [-0.05, 0) is 49.2 Å². The lowest BCUT2D eigenvalue weighted by Crippen LogP contribution is -2.28. The normalized spacial score (nSPS) is 13.6. The molecule has 1 aliphatic rings. The number of nitrogens with one attached hydrogen (secondary N) is 1. The summed E-state index contributed by atoms with van der Waals surface area (Å²) in [4.78, 5) is 28.5. The van der Waals surface area contributed by atoms with Crippen LogP contribution in [-0.2, 0) is 13.0 Å². The van der Waals surface area contributed by atoms with Gasteiger partial charge in [0.25, 0.3) is 5.91 Å². The minimum absolute atomic E-state index is 0.205. The summed E-state index contributed by atoms with van der Waals surface area (Å²) in [7, 11) is 0. The average molecular weight is 431 g/mol. The van der Waals surface area contributed by atoms with Gasteiger partial charge >= 0.3 is 6.09 Å². The summed E-state index contributed by atoms with van der Waals surface area (Å²) in [6.45, 7) is 0.646. The Labute approximate surface area is 183 Å². The summed E-state index contributed by atoms with van der Waals surface area (Å²) in [6, 6.07) is 16.7. The van der Waals surface area contributed by atoms with Crippen molar-refractivity contribution in [1.29, 1.82) is 0 Å². The molecule has 5 rings (SSSR count). The van der Waals surface area contributed by atoms with Gasteiger partial charge in [-0.15, -0.1) is 0 Å². The Morgan fingerprint density at radius 1 is 1.06 bits per heavy atom. The number of rotatable bonds is 4. The predicted molar refractivity (Wildman–Crippen MR) is 117 cm³/mol. The van der Waals surface area contributed by atoms with Crippen LogP contribution in [0.1, 0.15) is 28.2 Å². The van der Waals surface area contributed by atoms with E-state index in [0.29, 0.717) is 36.5 Å². The van der Waals surface area contributed by atoms with Gasteiger partial charge in [-0.3, -0.25) is 4.79 Å². The summed E-state index contributed by atoms with van der Waals surface area (Å²) in [5.74, 6) is 0.758. The molecule has 0 saturated carbocycles. The van der Waals surface area contributed by atoms with Crippen LogP contribution in [0.3, 0.4) is 0 Å². The minimum atomic E-state index is -0.979. The number of aromatic nitrogens is 3. The maximum Gasteiger partial charge on any atom is 0.407 e. The van der Waals surface area contributed by atoms with Gasteiger partial charge in [0.05, 0.1) is 17.9 Å². The Bertz CT molecular complexity index is 1310. The lowest BCUT2D eigenvalue weighted by Gasteiger charge is -2.15. The van der Waals surface area contributed by atoms with Gasteiger partial charge < -0.3 is 25.5 Å². The molecule has 4 aromatic rings. The number of nitrogens with zero attached hydrogens (tertiary/aromatic N) is 3. The van der Waals surface area contributed by atoms with E-state index in [-0.39, 0.29) is 12.2 Å². The quantitative estimate of drug-likeness (QED) is 0.455. The summed E-state index contributed by atoms with van der Waals surface area (Å²) < 4.78 is 7.33. The molecular weight excluding hydrogens is 410 g/mol. The van der Waals surface area contributed by atoms with E-state index < -0.39 is 12.0 Å². The minimum Gasteiger partial charge on any atom is -0.465 e. The molecule has 162 valence electrons. The highest BCUT2D eigenvalue weighted by atomic mass is 16.5. The summed E-state index contributed by atoms with van der Waals surface area (Å²) in [5.41, 5.74) is 9.33. The molecule has 32 heavy (non-hydrogen) atoms. The van der Waals surface area contributed by atoms with Gasteiger partial charge in [-0.2, -0.15) is 5.10 Å². The number of aromatic amines is 1. The number of hydrogen-bond acceptors (Lipinski definition) is 4. The Kier molecular flexibility index (Phi) is 4.78. The number of carbonyl (C=O) groups is 2. The molecule has 0 bridgehead atoms. The van der Waals surface area contributed by atoms with Crippen LogP contribution in [0.4, 0.5) is 4.79 Å². The average Bonchev–Trinajstić information content (AvgIpc) is 3.22. The van der Waals surface area contributed by atoms with Crippen LogP contribution < -0.4 is 10.5 Å². The molecule has 4 N–H and O–H groups in total. The first-order chi connectivity index (χ1) is 15.5. The number of hydrogen-bond donors (Lipinski definition) is 3. The molecule has 2 aromatic heterocycles. The number of primary amides is 1. The van der Waals surface area contributed by atoms with Gasteiger partial charge in [0.15, 0.2) is 5.69 Å². The number of H-pyrrole nitrogens is 1. The molecule has 2 amide bonds. The molecule has 3 heterocycles. The zero-order chi connectivity index (χ0) is 22.2. The fourth-order valence-corrected chi connectivity index (χ4v) is 4.06. The number of imidazole rings is 1. The fraction of sp³-hybridized carbons (Fsp3) is 0.174. The number of aryl methyl sites for hydroxylation is 1. The first kappa shape index (κ1) is 19.7. The van der Waals surface area contributed by atoms with Crippen molar-refractivity contribution in [2.75, 3.05) is 6.54 Å². The van der Waals surface area contributed by atoms with Crippen LogP contribution in [0.5, 0.6) is 11.5 Å². The Morgan fingerprint density at radius 3 is 2.47 bits per heavy atom. The SMILES string of the molecule is NC(=O)c1c(-c2ccc(Oc3ccccc3)cc2)[nH]c2c3c(nn12)CCCN(C(=O)O)C3. The number of ether oxygens (including phenoxy) is 1. The third-order valence-electron chi connectivity index (χ3n) is 5.58. The maximum atomic E-state index is 12.3. The molecule has 2 aromatic carbocycles. The smallest absolute Gasteiger partial charge is 0.407 e. The molecule has 9 nitrogen and oxygen atoms in total. The number of carbonyl (C=O) groups excluding carboxylic acids is 1. The van der Waals surface area contributed by atoms with Crippen molar-refractivity contribution in [1.82, 2.24) is 19.5 Å². The van der Waals surface area contributed by atoms with Gasteiger partial charge in [-0.25, -0.2) is 9.31 Å². The predicted octanol–water partition coefficient (Wildman–Crippen LogP) is 3.65. The van der Waals surface area contributed by atoms with Crippen LogP contribution in [0.2, 0.25) is 0 Å². The molecule has 9 heteroatoms. The number of amides is 2. The highest BCUT2D eigenvalue weighted by Gasteiger charge is 2.27. The van der Waals surface area contributed by atoms with Crippen molar-refractivity contribution in [3.63, 3.8) is 0 Å². The van der Waals surface area contributed by atoms with Crippen LogP contribution >= 0.6 is 0 Å². The topological polar surface area (TPSA) is 126 Å². The number of carboxylic acid groups (broad SMARTS) is 1. The molecule has 0 aliphatic carbocycles. The second-order valence-corrected chi connectivity index (χ2v) is 7.65. The Balaban J connectivity index is 1.54. The van der Waals surface area contributed by atoms with E-state index in [0.717, 1.165) is 22.6 Å². The van der Waals surface area contributed by atoms with E-state index in [1.807, 2.05) is 54.6 Å². The fourth-order valence-electron chi connectivity index (χ4n) is 4.06. The van der Waals surface area contributed by atoms with Crippen molar-refractivity contribution in [3.8, 4) is 22.8 Å². The van der Waals surface area contributed by atoms with E-state index in [2.05, 4.69) is 10.1 Å². The van der Waals surface area contributed by atoms with Crippen molar-refractivity contribution >= 4 is 17.6 Å². The van der Waals surface area contributed by atoms with Crippen LogP contribution in [0.15, 0.2) is 54.6 Å². The Hall–Kier alpha value is -4.27. The summed E-state index contributed by atoms with van der Waals surface area (Å²) >= 11 is 0. The van der Waals surface area contributed by atoms with E-state index in [1.54, 1.807) is 0 Å².